The van der Waals surface area contributed by atoms with E-state index in [0.717, 1.165) is 28.1 Å². The quantitative estimate of drug-likeness (QED) is 0.482. The third-order valence-electron chi connectivity index (χ3n) is 5.40. The fourth-order valence-electron chi connectivity index (χ4n) is 3.99. The topological polar surface area (TPSA) is 81.9 Å². The van der Waals surface area contributed by atoms with E-state index in [-0.39, 0.29) is 11.8 Å². The van der Waals surface area contributed by atoms with E-state index in [2.05, 4.69) is 20.4 Å². The zero-order valence-electron chi connectivity index (χ0n) is 17.3. The second-order valence-electron chi connectivity index (χ2n) is 7.60. The fraction of sp³-hybridized carbons (Fsp3) is 0.167. The molecule has 0 bridgehead atoms. The molecule has 0 aliphatic carbocycles. The van der Waals surface area contributed by atoms with Crippen LogP contribution in [0.4, 0.5) is 5.82 Å². The van der Waals surface area contributed by atoms with Crippen LogP contribution < -0.4 is 10.1 Å². The number of aryl methyl sites for hydroxylation is 1. The van der Waals surface area contributed by atoms with Crippen LogP contribution in [0.1, 0.15) is 34.7 Å². The lowest BCUT2D eigenvalue weighted by Crippen LogP contribution is -2.25. The largest absolute Gasteiger partial charge is 0.489 e. The van der Waals surface area contributed by atoms with Crippen molar-refractivity contribution in [2.75, 3.05) is 5.32 Å². The normalized spacial score (nSPS) is 15.2. The van der Waals surface area contributed by atoms with Crippen LogP contribution in [-0.2, 0) is 11.4 Å². The molecule has 0 fully saturated rings. The Balaban J connectivity index is 1.47. The lowest BCUT2D eigenvalue weighted by Gasteiger charge is -2.24. The number of halogens is 1. The number of hydrogen-bond acceptors (Lipinski definition) is 5. The monoisotopic (exact) mass is 445 g/mol. The van der Waals surface area contributed by atoms with Crippen molar-refractivity contribution in [1.82, 2.24) is 19.7 Å². The molecule has 160 valence electrons. The molecule has 1 amide bonds. The van der Waals surface area contributed by atoms with Crippen molar-refractivity contribution < 1.29 is 9.53 Å². The molecule has 0 saturated heterocycles. The van der Waals surface area contributed by atoms with E-state index in [4.69, 9.17) is 16.3 Å². The number of hydrogen-bond donors (Lipinski definition) is 1. The number of ether oxygens (including phenoxy) is 1. The molecule has 4 aromatic rings. The van der Waals surface area contributed by atoms with E-state index in [1.807, 2.05) is 55.5 Å². The summed E-state index contributed by atoms with van der Waals surface area (Å²) in [6.45, 7) is 2.34. The molecule has 1 N–H and O–H groups in total. The first-order valence-electron chi connectivity index (χ1n) is 10.2. The van der Waals surface area contributed by atoms with Crippen molar-refractivity contribution in [3.63, 3.8) is 0 Å². The first-order chi connectivity index (χ1) is 15.6. The minimum Gasteiger partial charge on any atom is -0.489 e. The summed E-state index contributed by atoms with van der Waals surface area (Å²) in [6, 6.07) is 17.2. The Kier molecular flexibility index (Phi) is 5.33. The van der Waals surface area contributed by atoms with Crippen LogP contribution in [0, 0.1) is 6.92 Å². The molecule has 0 unspecified atom stereocenters. The summed E-state index contributed by atoms with van der Waals surface area (Å²) in [4.78, 5) is 21.1. The maximum Gasteiger partial charge on any atom is 0.252 e. The van der Waals surface area contributed by atoms with Gasteiger partial charge in [-0.3, -0.25) is 4.79 Å². The third kappa shape index (κ3) is 3.94. The lowest BCUT2D eigenvalue weighted by atomic mass is 9.86. The minimum atomic E-state index is -0.147. The van der Waals surface area contributed by atoms with Gasteiger partial charge in [0.25, 0.3) is 5.95 Å². The SMILES string of the molecule is Cc1nn(-c2ncccn2)c2c1[C@@H](c1cccc(OCc3cccc(Cl)c3)c1)CC(=O)N2. The number of nitrogens with one attached hydrogen (secondary N) is 1. The maximum absolute atomic E-state index is 12.6. The molecule has 3 heterocycles. The number of carbonyl (C=O) groups is 1. The Morgan fingerprint density at radius 2 is 1.94 bits per heavy atom. The van der Waals surface area contributed by atoms with Crippen LogP contribution in [0.15, 0.2) is 67.0 Å². The van der Waals surface area contributed by atoms with Crippen molar-refractivity contribution >= 4 is 23.3 Å². The van der Waals surface area contributed by atoms with Gasteiger partial charge < -0.3 is 10.1 Å². The number of rotatable bonds is 5. The second-order valence-corrected chi connectivity index (χ2v) is 8.04. The highest BCUT2D eigenvalue weighted by Gasteiger charge is 2.33. The van der Waals surface area contributed by atoms with Crippen molar-refractivity contribution in [3.05, 3.63) is 94.4 Å². The summed E-state index contributed by atoms with van der Waals surface area (Å²) in [5, 5.41) is 8.24. The average molecular weight is 446 g/mol. The molecular weight excluding hydrogens is 426 g/mol. The molecule has 1 aliphatic heterocycles. The first-order valence-corrected chi connectivity index (χ1v) is 10.6. The molecule has 2 aromatic heterocycles. The minimum absolute atomic E-state index is 0.0789. The molecule has 0 spiro atoms. The Labute approximate surface area is 190 Å². The van der Waals surface area contributed by atoms with E-state index < -0.39 is 0 Å². The van der Waals surface area contributed by atoms with Crippen LogP contribution in [0.2, 0.25) is 5.02 Å². The number of fused-ring (bicyclic) bond motifs is 1. The van der Waals surface area contributed by atoms with Gasteiger partial charge in [-0.25, -0.2) is 9.97 Å². The van der Waals surface area contributed by atoms with Gasteiger partial charge in [0, 0.05) is 35.3 Å². The highest BCUT2D eigenvalue weighted by atomic mass is 35.5. The molecule has 0 saturated carbocycles. The van der Waals surface area contributed by atoms with E-state index in [9.17, 15) is 4.79 Å². The van der Waals surface area contributed by atoms with Gasteiger partial charge >= 0.3 is 0 Å². The van der Waals surface area contributed by atoms with Crippen molar-refractivity contribution in [1.29, 1.82) is 0 Å². The third-order valence-corrected chi connectivity index (χ3v) is 5.63. The first kappa shape index (κ1) is 20.2. The smallest absolute Gasteiger partial charge is 0.252 e. The van der Waals surface area contributed by atoms with Crippen LogP contribution >= 0.6 is 11.6 Å². The average Bonchev–Trinajstić information content (AvgIpc) is 3.14. The number of anilines is 1. The number of benzene rings is 2. The van der Waals surface area contributed by atoms with Crippen LogP contribution in [0.25, 0.3) is 5.95 Å². The highest BCUT2D eigenvalue weighted by molar-refractivity contribution is 6.30. The number of amides is 1. The molecule has 1 aliphatic rings. The Morgan fingerprint density at radius 1 is 1.12 bits per heavy atom. The fourth-order valence-corrected chi connectivity index (χ4v) is 4.20. The van der Waals surface area contributed by atoms with Gasteiger partial charge in [0.05, 0.1) is 5.69 Å². The summed E-state index contributed by atoms with van der Waals surface area (Å²) < 4.78 is 7.59. The molecule has 5 rings (SSSR count). The molecule has 7 nitrogen and oxygen atoms in total. The van der Waals surface area contributed by atoms with Crippen molar-refractivity contribution in [2.24, 2.45) is 0 Å². The Bertz CT molecular complexity index is 1290. The van der Waals surface area contributed by atoms with Crippen molar-refractivity contribution in [2.45, 2.75) is 25.9 Å². The second kappa shape index (κ2) is 8.43. The Morgan fingerprint density at radius 3 is 2.75 bits per heavy atom. The van der Waals surface area contributed by atoms with Gasteiger partial charge in [-0.05, 0) is 48.4 Å². The van der Waals surface area contributed by atoms with Gasteiger partial charge in [-0.1, -0.05) is 35.9 Å². The van der Waals surface area contributed by atoms with Gasteiger partial charge in [0.1, 0.15) is 18.2 Å². The number of aromatic nitrogens is 4. The van der Waals surface area contributed by atoms with Crippen LogP contribution in [-0.4, -0.2) is 25.7 Å². The van der Waals surface area contributed by atoms with E-state index in [1.54, 1.807) is 23.1 Å². The summed E-state index contributed by atoms with van der Waals surface area (Å²) in [7, 11) is 0. The van der Waals surface area contributed by atoms with Gasteiger partial charge in [-0.15, -0.1) is 0 Å². The molecule has 1 atom stereocenters. The number of nitrogens with zero attached hydrogens (tertiary/aromatic N) is 4. The van der Waals surface area contributed by atoms with Crippen molar-refractivity contribution in [3.8, 4) is 11.7 Å². The summed E-state index contributed by atoms with van der Waals surface area (Å²) in [6.07, 6.45) is 3.62. The predicted molar refractivity (Wildman–Crippen MR) is 121 cm³/mol. The van der Waals surface area contributed by atoms with Gasteiger partial charge in [-0.2, -0.15) is 9.78 Å². The summed E-state index contributed by atoms with van der Waals surface area (Å²) in [5.41, 5.74) is 3.76. The van der Waals surface area contributed by atoms with Crippen LogP contribution in [0.5, 0.6) is 5.75 Å². The molecule has 2 aromatic carbocycles. The highest BCUT2D eigenvalue weighted by Crippen LogP contribution is 2.40. The van der Waals surface area contributed by atoms with E-state index >= 15 is 0 Å². The maximum atomic E-state index is 12.6. The molecule has 0 radical (unpaired) electrons. The summed E-state index contributed by atoms with van der Waals surface area (Å²) in [5.74, 6) is 1.53. The number of carbonyl (C=O) groups excluding carboxylic acids is 1. The zero-order chi connectivity index (χ0) is 22.1. The Hall–Kier alpha value is -3.71. The van der Waals surface area contributed by atoms with E-state index in [0.29, 0.717) is 29.8 Å². The lowest BCUT2D eigenvalue weighted by molar-refractivity contribution is -0.116. The predicted octanol–water partition coefficient (Wildman–Crippen LogP) is 4.68. The van der Waals surface area contributed by atoms with Crippen LogP contribution in [0.3, 0.4) is 0 Å². The molecule has 32 heavy (non-hydrogen) atoms. The van der Waals surface area contributed by atoms with E-state index in [1.165, 1.54) is 0 Å². The van der Waals surface area contributed by atoms with Gasteiger partial charge in [0.15, 0.2) is 0 Å². The molecule has 8 heteroatoms. The standard InChI is InChI=1S/C24H20ClN5O2/c1-15-22-20(13-21(31)28-23(22)30(29-15)24-26-9-4-10-27-24)17-6-3-8-19(12-17)32-14-16-5-2-7-18(25)11-16/h2-12,20H,13-14H2,1H3,(H,28,31)/t20-/m1/s1. The zero-order valence-corrected chi connectivity index (χ0v) is 18.1. The van der Waals surface area contributed by atoms with Gasteiger partial charge in [0.2, 0.25) is 5.91 Å². The molecular formula is C24H20ClN5O2. The summed E-state index contributed by atoms with van der Waals surface area (Å²) >= 11 is 6.07.